The van der Waals surface area contributed by atoms with Crippen LogP contribution in [0.1, 0.15) is 17.0 Å². The zero-order valence-electron chi connectivity index (χ0n) is 9.06. The molecule has 2 aromatic rings. The van der Waals surface area contributed by atoms with Crippen LogP contribution >= 0.6 is 0 Å². The minimum absolute atomic E-state index is 0.567. The fourth-order valence-electron chi connectivity index (χ4n) is 2.28. The molecule has 1 aromatic heterocycles. The van der Waals surface area contributed by atoms with E-state index < -0.39 is 0 Å². The largest absolute Gasteiger partial charge is 0.369 e. The maximum Gasteiger partial charge on any atom is 0.129 e. The van der Waals surface area contributed by atoms with Crippen LogP contribution in [-0.4, -0.2) is 11.5 Å². The highest BCUT2D eigenvalue weighted by atomic mass is 15.0. The summed E-state index contributed by atoms with van der Waals surface area (Å²) in [6.45, 7) is 0.980. The van der Waals surface area contributed by atoms with Crippen LogP contribution in [0, 0.1) is 0 Å². The predicted molar refractivity (Wildman–Crippen MR) is 65.6 cm³/mol. The molecule has 1 aliphatic heterocycles. The molecule has 2 heteroatoms. The minimum atomic E-state index is 0.567. The maximum atomic E-state index is 4.34. The Balaban J connectivity index is 1.89. The lowest BCUT2D eigenvalue weighted by Gasteiger charge is -2.25. The van der Waals surface area contributed by atoms with E-state index in [4.69, 9.17) is 0 Å². The van der Waals surface area contributed by atoms with Crippen LogP contribution in [0.4, 0.5) is 5.82 Å². The van der Waals surface area contributed by atoms with Crippen molar-refractivity contribution < 1.29 is 0 Å². The molecule has 0 spiro atoms. The Hall–Kier alpha value is -1.83. The number of anilines is 1. The fourth-order valence-corrected chi connectivity index (χ4v) is 2.28. The van der Waals surface area contributed by atoms with Gasteiger partial charge in [-0.1, -0.05) is 36.4 Å². The van der Waals surface area contributed by atoms with E-state index in [9.17, 15) is 0 Å². The normalized spacial score (nSPS) is 18.6. The summed E-state index contributed by atoms with van der Waals surface area (Å²) >= 11 is 0. The van der Waals surface area contributed by atoms with Gasteiger partial charge in [0.15, 0.2) is 0 Å². The van der Waals surface area contributed by atoms with Gasteiger partial charge in [0, 0.05) is 18.7 Å². The maximum absolute atomic E-state index is 4.34. The molecule has 3 rings (SSSR count). The van der Waals surface area contributed by atoms with E-state index in [2.05, 4.69) is 46.7 Å². The van der Waals surface area contributed by atoms with Gasteiger partial charge >= 0.3 is 0 Å². The SMILES string of the molecule is c1ccc(C2CNc3ncccc3C2)cc1. The summed E-state index contributed by atoms with van der Waals surface area (Å²) in [4.78, 5) is 4.34. The smallest absolute Gasteiger partial charge is 0.129 e. The third kappa shape index (κ3) is 1.67. The molecule has 0 radical (unpaired) electrons. The van der Waals surface area contributed by atoms with Gasteiger partial charge in [-0.25, -0.2) is 4.98 Å². The number of hydrogen-bond donors (Lipinski definition) is 1. The fraction of sp³-hybridized carbons (Fsp3) is 0.214. The molecule has 1 unspecified atom stereocenters. The topological polar surface area (TPSA) is 24.9 Å². The molecule has 16 heavy (non-hydrogen) atoms. The summed E-state index contributed by atoms with van der Waals surface area (Å²) in [5.41, 5.74) is 2.73. The number of hydrogen-bond acceptors (Lipinski definition) is 2. The Morgan fingerprint density at radius 2 is 1.94 bits per heavy atom. The van der Waals surface area contributed by atoms with Gasteiger partial charge < -0.3 is 5.32 Å². The van der Waals surface area contributed by atoms with Crippen molar-refractivity contribution in [3.05, 3.63) is 59.8 Å². The highest BCUT2D eigenvalue weighted by molar-refractivity contribution is 5.48. The lowest BCUT2D eigenvalue weighted by Crippen LogP contribution is -2.22. The van der Waals surface area contributed by atoms with Gasteiger partial charge in [-0.3, -0.25) is 0 Å². The molecular weight excluding hydrogens is 196 g/mol. The number of fused-ring (bicyclic) bond motifs is 1. The third-order valence-electron chi connectivity index (χ3n) is 3.14. The number of pyridine rings is 1. The number of benzene rings is 1. The van der Waals surface area contributed by atoms with E-state index in [0.717, 1.165) is 18.8 Å². The summed E-state index contributed by atoms with van der Waals surface area (Å²) in [5, 5.41) is 3.40. The summed E-state index contributed by atoms with van der Waals surface area (Å²) in [6.07, 6.45) is 2.93. The van der Waals surface area contributed by atoms with E-state index >= 15 is 0 Å². The van der Waals surface area contributed by atoms with Gasteiger partial charge in [0.25, 0.3) is 0 Å². The quantitative estimate of drug-likeness (QED) is 0.783. The third-order valence-corrected chi connectivity index (χ3v) is 3.14. The Bertz CT molecular complexity index is 479. The second-order valence-corrected chi connectivity index (χ2v) is 4.20. The molecular formula is C14H14N2. The lowest BCUT2D eigenvalue weighted by atomic mass is 9.90. The molecule has 1 atom stereocenters. The van der Waals surface area contributed by atoms with E-state index in [1.54, 1.807) is 0 Å². The standard InChI is InChI=1S/C14H14N2/c1-2-5-11(6-3-1)13-9-12-7-4-8-15-14(12)16-10-13/h1-8,13H,9-10H2,(H,15,16). The molecule has 0 bridgehead atoms. The lowest BCUT2D eigenvalue weighted by molar-refractivity contribution is 0.689. The first kappa shape index (κ1) is 9.40. The van der Waals surface area contributed by atoms with Gasteiger partial charge in [0.1, 0.15) is 5.82 Å². The van der Waals surface area contributed by atoms with E-state index in [0.29, 0.717) is 5.92 Å². The zero-order valence-corrected chi connectivity index (χ0v) is 9.06. The number of nitrogens with zero attached hydrogens (tertiary/aromatic N) is 1. The molecule has 1 aliphatic rings. The average molecular weight is 210 g/mol. The van der Waals surface area contributed by atoms with Gasteiger partial charge in [-0.2, -0.15) is 0 Å². The summed E-state index contributed by atoms with van der Waals surface area (Å²) in [6, 6.07) is 14.8. The van der Waals surface area contributed by atoms with Crippen LogP contribution in [-0.2, 0) is 6.42 Å². The van der Waals surface area contributed by atoms with Gasteiger partial charge in [-0.05, 0) is 23.6 Å². The molecule has 0 saturated heterocycles. The first-order valence-electron chi connectivity index (χ1n) is 5.66. The molecule has 1 aromatic carbocycles. The molecule has 2 heterocycles. The second-order valence-electron chi connectivity index (χ2n) is 4.20. The Labute approximate surface area is 95.3 Å². The van der Waals surface area contributed by atoms with Crippen LogP contribution in [0.25, 0.3) is 0 Å². The van der Waals surface area contributed by atoms with Gasteiger partial charge in [0.2, 0.25) is 0 Å². The highest BCUT2D eigenvalue weighted by Gasteiger charge is 2.19. The Morgan fingerprint density at radius 1 is 1.06 bits per heavy atom. The molecule has 0 aliphatic carbocycles. The van der Waals surface area contributed by atoms with Gasteiger partial charge in [-0.15, -0.1) is 0 Å². The second kappa shape index (κ2) is 3.97. The summed E-state index contributed by atoms with van der Waals surface area (Å²) in [7, 11) is 0. The predicted octanol–water partition coefficient (Wildman–Crippen LogP) is 2.83. The molecule has 2 nitrogen and oxygen atoms in total. The highest BCUT2D eigenvalue weighted by Crippen LogP contribution is 2.28. The van der Waals surface area contributed by atoms with Crippen LogP contribution in [0.5, 0.6) is 0 Å². The molecule has 0 fully saturated rings. The average Bonchev–Trinajstić information content (AvgIpc) is 2.39. The Kier molecular flexibility index (Phi) is 2.33. The van der Waals surface area contributed by atoms with Crippen LogP contribution in [0.3, 0.4) is 0 Å². The van der Waals surface area contributed by atoms with Crippen molar-refractivity contribution in [2.24, 2.45) is 0 Å². The molecule has 0 amide bonds. The van der Waals surface area contributed by atoms with E-state index in [1.807, 2.05) is 12.3 Å². The van der Waals surface area contributed by atoms with Crippen LogP contribution < -0.4 is 5.32 Å². The Morgan fingerprint density at radius 3 is 2.81 bits per heavy atom. The van der Waals surface area contributed by atoms with Crippen molar-refractivity contribution >= 4 is 5.82 Å². The van der Waals surface area contributed by atoms with E-state index in [-0.39, 0.29) is 0 Å². The van der Waals surface area contributed by atoms with Gasteiger partial charge in [0.05, 0.1) is 0 Å². The summed E-state index contributed by atoms with van der Waals surface area (Å²) < 4.78 is 0. The number of aromatic nitrogens is 1. The summed E-state index contributed by atoms with van der Waals surface area (Å²) in [5.74, 6) is 1.62. The number of nitrogens with one attached hydrogen (secondary N) is 1. The van der Waals surface area contributed by atoms with Crippen molar-refractivity contribution in [1.29, 1.82) is 0 Å². The minimum Gasteiger partial charge on any atom is -0.369 e. The molecule has 80 valence electrons. The first-order chi connectivity index (χ1) is 7.93. The van der Waals surface area contributed by atoms with Crippen LogP contribution in [0.2, 0.25) is 0 Å². The van der Waals surface area contributed by atoms with Crippen molar-refractivity contribution in [1.82, 2.24) is 4.98 Å². The number of rotatable bonds is 1. The van der Waals surface area contributed by atoms with Crippen molar-refractivity contribution in [3.8, 4) is 0 Å². The molecule has 1 N–H and O–H groups in total. The first-order valence-corrected chi connectivity index (χ1v) is 5.66. The zero-order chi connectivity index (χ0) is 10.8. The van der Waals surface area contributed by atoms with Crippen LogP contribution in [0.15, 0.2) is 48.7 Å². The molecule has 0 saturated carbocycles. The van der Waals surface area contributed by atoms with E-state index in [1.165, 1.54) is 11.1 Å². The monoisotopic (exact) mass is 210 g/mol. The van der Waals surface area contributed by atoms with Crippen molar-refractivity contribution in [2.45, 2.75) is 12.3 Å². The van der Waals surface area contributed by atoms with Crippen molar-refractivity contribution in [2.75, 3.05) is 11.9 Å². The van der Waals surface area contributed by atoms with Crippen molar-refractivity contribution in [3.63, 3.8) is 0 Å².